The van der Waals surface area contributed by atoms with Gasteiger partial charge in [0.2, 0.25) is 29.1 Å². The highest BCUT2D eigenvalue weighted by Crippen LogP contribution is 2.32. The van der Waals surface area contributed by atoms with Gasteiger partial charge in [0.25, 0.3) is 0 Å². The van der Waals surface area contributed by atoms with E-state index in [4.69, 9.17) is 9.47 Å². The molecule has 2 rings (SSSR count). The molecule has 1 saturated heterocycles. The maximum absolute atomic E-state index is 13.2. The van der Waals surface area contributed by atoms with Crippen LogP contribution < -0.4 is 4.74 Å². The Bertz CT molecular complexity index is 456. The van der Waals surface area contributed by atoms with Crippen LogP contribution in [0, 0.1) is 34.5 Å². The largest absolute Gasteiger partial charge is 0.487 e. The number of ether oxygens (including phenoxy) is 2. The summed E-state index contributed by atoms with van der Waals surface area (Å²) >= 11 is 0. The van der Waals surface area contributed by atoms with Crippen LogP contribution in [0.2, 0.25) is 0 Å². The van der Waals surface area contributed by atoms with E-state index >= 15 is 0 Å². The fraction of sp³-hybridized carbons (Fsp3) is 0.455. The fourth-order valence-corrected chi connectivity index (χ4v) is 1.49. The summed E-state index contributed by atoms with van der Waals surface area (Å²) in [5.74, 6) is -11.4. The Hall–Kier alpha value is -1.37. The first-order chi connectivity index (χ1) is 8.36. The lowest BCUT2D eigenvalue weighted by Gasteiger charge is -2.37. The van der Waals surface area contributed by atoms with Gasteiger partial charge in [-0.05, 0) is 0 Å². The van der Waals surface area contributed by atoms with Gasteiger partial charge in [0, 0.05) is 5.41 Å². The molecule has 1 heterocycles. The Morgan fingerprint density at radius 2 is 1.39 bits per heavy atom. The van der Waals surface area contributed by atoms with Crippen molar-refractivity contribution >= 4 is 0 Å². The first kappa shape index (κ1) is 13.1. The van der Waals surface area contributed by atoms with Crippen molar-refractivity contribution in [2.24, 2.45) is 5.41 Å². The van der Waals surface area contributed by atoms with Gasteiger partial charge in [0.15, 0.2) is 5.75 Å². The zero-order valence-corrected chi connectivity index (χ0v) is 9.33. The first-order valence-electron chi connectivity index (χ1n) is 5.08. The van der Waals surface area contributed by atoms with Gasteiger partial charge in [-0.25, -0.2) is 13.2 Å². The molecule has 0 amide bonds. The van der Waals surface area contributed by atoms with Crippen LogP contribution in [-0.2, 0) is 4.74 Å². The topological polar surface area (TPSA) is 18.5 Å². The van der Waals surface area contributed by atoms with Crippen molar-refractivity contribution < 1.29 is 31.4 Å². The van der Waals surface area contributed by atoms with Gasteiger partial charge in [-0.15, -0.1) is 0 Å². The third-order valence-electron chi connectivity index (χ3n) is 2.64. The molecular weight excluding hydrogens is 259 g/mol. The SMILES string of the molecule is CC1(COc2c(F)c(F)c(F)c(F)c2F)COC1. The van der Waals surface area contributed by atoms with Gasteiger partial charge >= 0.3 is 0 Å². The van der Waals surface area contributed by atoms with E-state index in [1.165, 1.54) is 0 Å². The normalized spacial score (nSPS) is 17.4. The number of hydrogen-bond donors (Lipinski definition) is 0. The molecule has 2 nitrogen and oxygen atoms in total. The molecule has 100 valence electrons. The van der Waals surface area contributed by atoms with Crippen molar-refractivity contribution in [3.8, 4) is 5.75 Å². The maximum Gasteiger partial charge on any atom is 0.206 e. The van der Waals surface area contributed by atoms with Crippen LogP contribution in [0.25, 0.3) is 0 Å². The van der Waals surface area contributed by atoms with Crippen LogP contribution in [0.1, 0.15) is 6.92 Å². The summed E-state index contributed by atoms with van der Waals surface area (Å²) < 4.78 is 74.5. The van der Waals surface area contributed by atoms with Gasteiger partial charge in [0.1, 0.15) is 0 Å². The molecule has 0 saturated carbocycles. The van der Waals surface area contributed by atoms with E-state index in [-0.39, 0.29) is 6.61 Å². The highest BCUT2D eigenvalue weighted by molar-refractivity contribution is 5.29. The van der Waals surface area contributed by atoms with E-state index in [1.807, 2.05) is 0 Å². The monoisotopic (exact) mass is 268 g/mol. The Morgan fingerprint density at radius 3 is 1.78 bits per heavy atom. The minimum Gasteiger partial charge on any atom is -0.487 e. The smallest absolute Gasteiger partial charge is 0.206 e. The number of benzene rings is 1. The summed E-state index contributed by atoms with van der Waals surface area (Å²) in [6, 6.07) is 0. The lowest BCUT2D eigenvalue weighted by atomic mass is 9.90. The van der Waals surface area contributed by atoms with Gasteiger partial charge < -0.3 is 9.47 Å². The molecule has 1 fully saturated rings. The van der Waals surface area contributed by atoms with E-state index in [0.717, 1.165) is 0 Å². The zero-order valence-electron chi connectivity index (χ0n) is 9.33. The maximum atomic E-state index is 13.2. The Labute approximate surface area is 99.3 Å². The van der Waals surface area contributed by atoms with E-state index in [2.05, 4.69) is 0 Å². The minimum absolute atomic E-state index is 0.189. The first-order valence-corrected chi connectivity index (χ1v) is 5.08. The molecule has 7 heteroatoms. The van der Waals surface area contributed by atoms with E-state index in [0.29, 0.717) is 13.2 Å². The van der Waals surface area contributed by atoms with Crippen molar-refractivity contribution in [2.75, 3.05) is 19.8 Å². The third kappa shape index (κ3) is 2.03. The summed E-state index contributed by atoms with van der Waals surface area (Å²) in [5, 5.41) is 0. The van der Waals surface area contributed by atoms with Crippen LogP contribution in [0.5, 0.6) is 5.75 Å². The standard InChI is InChI=1S/C11H9F5O2/c1-11(2-17-3-11)4-18-10-8(15)6(13)5(12)7(14)9(10)16/h2-4H2,1H3. The highest BCUT2D eigenvalue weighted by Gasteiger charge is 2.36. The van der Waals surface area contributed by atoms with Gasteiger partial charge in [-0.3, -0.25) is 0 Å². The van der Waals surface area contributed by atoms with Crippen molar-refractivity contribution in [2.45, 2.75) is 6.92 Å². The summed E-state index contributed by atoms with van der Waals surface area (Å²) in [5.41, 5.74) is -0.472. The predicted octanol–water partition coefficient (Wildman–Crippen LogP) is 2.80. The predicted molar refractivity (Wildman–Crippen MR) is 50.7 cm³/mol. The summed E-state index contributed by atoms with van der Waals surface area (Å²) in [4.78, 5) is 0. The van der Waals surface area contributed by atoms with Gasteiger partial charge in [-0.2, -0.15) is 8.78 Å². The molecule has 1 aromatic carbocycles. The molecule has 0 spiro atoms. The second kappa shape index (κ2) is 4.38. The molecule has 0 bridgehead atoms. The quantitative estimate of drug-likeness (QED) is 0.477. The number of halogens is 5. The average molecular weight is 268 g/mol. The van der Waals surface area contributed by atoms with Crippen molar-refractivity contribution in [3.63, 3.8) is 0 Å². The molecule has 18 heavy (non-hydrogen) atoms. The molecule has 0 N–H and O–H groups in total. The minimum atomic E-state index is -2.20. The molecule has 0 aliphatic carbocycles. The molecule has 0 aromatic heterocycles. The van der Waals surface area contributed by atoms with Crippen molar-refractivity contribution in [3.05, 3.63) is 29.1 Å². The Morgan fingerprint density at radius 1 is 0.944 bits per heavy atom. The molecule has 1 aliphatic heterocycles. The van der Waals surface area contributed by atoms with E-state index in [9.17, 15) is 22.0 Å². The molecule has 1 aliphatic rings. The lowest BCUT2D eigenvalue weighted by Crippen LogP contribution is -2.44. The fourth-order valence-electron chi connectivity index (χ4n) is 1.49. The average Bonchev–Trinajstić information content (AvgIpc) is 2.31. The molecule has 1 aromatic rings. The lowest BCUT2D eigenvalue weighted by molar-refractivity contribution is -0.121. The van der Waals surface area contributed by atoms with Crippen LogP contribution in [0.15, 0.2) is 0 Å². The molecule has 0 unspecified atom stereocenters. The third-order valence-corrected chi connectivity index (χ3v) is 2.64. The van der Waals surface area contributed by atoms with E-state index < -0.39 is 40.3 Å². The van der Waals surface area contributed by atoms with E-state index in [1.54, 1.807) is 6.92 Å². The Balaban J connectivity index is 2.27. The number of rotatable bonds is 3. The van der Waals surface area contributed by atoms with Gasteiger partial charge in [0.05, 0.1) is 19.8 Å². The van der Waals surface area contributed by atoms with Crippen LogP contribution in [0.4, 0.5) is 22.0 Å². The summed E-state index contributed by atoms with van der Waals surface area (Å²) in [7, 11) is 0. The second-order valence-electron chi connectivity index (χ2n) is 4.49. The van der Waals surface area contributed by atoms with Crippen LogP contribution in [-0.4, -0.2) is 19.8 Å². The number of hydrogen-bond acceptors (Lipinski definition) is 2. The molecule has 0 atom stereocenters. The van der Waals surface area contributed by atoms with Gasteiger partial charge in [-0.1, -0.05) is 6.92 Å². The summed E-state index contributed by atoms with van der Waals surface area (Å²) in [6.07, 6.45) is 0. The van der Waals surface area contributed by atoms with Crippen molar-refractivity contribution in [1.29, 1.82) is 0 Å². The van der Waals surface area contributed by atoms with Crippen LogP contribution >= 0.6 is 0 Å². The zero-order chi connectivity index (χ0) is 13.5. The Kier molecular flexibility index (Phi) is 3.18. The summed E-state index contributed by atoms with van der Waals surface area (Å²) in [6.45, 7) is 2.14. The second-order valence-corrected chi connectivity index (χ2v) is 4.49. The van der Waals surface area contributed by atoms with Crippen molar-refractivity contribution in [1.82, 2.24) is 0 Å². The molecule has 0 radical (unpaired) electrons. The highest BCUT2D eigenvalue weighted by atomic mass is 19.2. The van der Waals surface area contributed by atoms with Crippen LogP contribution in [0.3, 0.4) is 0 Å². The molecular formula is C11H9F5O2.